The van der Waals surface area contributed by atoms with Crippen LogP contribution in [0, 0.1) is 11.7 Å². The Bertz CT molecular complexity index is 1180. The molecule has 7 heteroatoms. The van der Waals surface area contributed by atoms with E-state index in [1.54, 1.807) is 18.3 Å². The van der Waals surface area contributed by atoms with E-state index in [2.05, 4.69) is 41.2 Å². The second-order valence-electron chi connectivity index (χ2n) is 8.36. The van der Waals surface area contributed by atoms with Crippen molar-refractivity contribution in [3.05, 3.63) is 66.2 Å². The quantitative estimate of drug-likeness (QED) is 0.470. The van der Waals surface area contributed by atoms with Crippen molar-refractivity contribution in [3.8, 4) is 22.6 Å². The zero-order valence-electron chi connectivity index (χ0n) is 18.3. The minimum Gasteiger partial charge on any atom is -0.354 e. The first-order chi connectivity index (χ1) is 14.9. The van der Waals surface area contributed by atoms with E-state index in [1.807, 2.05) is 30.8 Å². The van der Waals surface area contributed by atoms with E-state index < -0.39 is 0 Å². The number of hydrogen-bond donors (Lipinski definition) is 1. The summed E-state index contributed by atoms with van der Waals surface area (Å²) in [5.74, 6) is 0.785. The fourth-order valence-electron chi connectivity index (χ4n) is 3.48. The van der Waals surface area contributed by atoms with E-state index >= 15 is 0 Å². The number of nitrogens with zero attached hydrogens (tertiary/aromatic N) is 5. The summed E-state index contributed by atoms with van der Waals surface area (Å²) in [5.41, 5.74) is 5.20. The second-order valence-corrected chi connectivity index (χ2v) is 8.36. The third kappa shape index (κ3) is 4.72. The van der Waals surface area contributed by atoms with E-state index in [4.69, 9.17) is 9.97 Å². The van der Waals surface area contributed by atoms with Crippen molar-refractivity contribution in [1.29, 1.82) is 0 Å². The summed E-state index contributed by atoms with van der Waals surface area (Å²) in [6.07, 6.45) is 3.77. The Morgan fingerprint density at radius 3 is 2.55 bits per heavy atom. The number of pyridine rings is 1. The molecule has 3 aromatic heterocycles. The Labute approximate surface area is 181 Å². The molecule has 0 amide bonds. The molecule has 0 saturated carbocycles. The summed E-state index contributed by atoms with van der Waals surface area (Å²) in [6, 6.07) is 12.5. The molecular formula is C24H27FN6. The van der Waals surface area contributed by atoms with Crippen molar-refractivity contribution < 1.29 is 4.39 Å². The molecule has 0 atom stereocenters. The molecule has 0 bridgehead atoms. The first-order valence-corrected chi connectivity index (χ1v) is 10.4. The van der Waals surface area contributed by atoms with E-state index in [0.29, 0.717) is 11.9 Å². The number of fused-ring (bicyclic) bond motifs is 1. The Hall–Kier alpha value is -3.32. The standard InChI is InChI=1S/C24H27FN6/c1-16(2)14-27-24-26-11-9-20(28-24)23-22(18-5-7-19(25)8-6-18)29-21-13-17(15-30(3)4)10-12-31(21)23/h5-13,16H,14-15H2,1-4H3,(H,26,27,28). The van der Waals surface area contributed by atoms with Crippen LogP contribution in [0.1, 0.15) is 19.4 Å². The van der Waals surface area contributed by atoms with Gasteiger partial charge in [-0.05, 0) is 68.0 Å². The van der Waals surface area contributed by atoms with Crippen molar-refractivity contribution in [2.45, 2.75) is 20.4 Å². The first kappa shape index (κ1) is 20.9. The van der Waals surface area contributed by atoms with Crippen LogP contribution >= 0.6 is 0 Å². The van der Waals surface area contributed by atoms with Gasteiger partial charge in [0, 0.05) is 31.0 Å². The number of rotatable bonds is 7. The largest absolute Gasteiger partial charge is 0.354 e. The molecule has 1 aromatic carbocycles. The molecule has 4 aromatic rings. The Morgan fingerprint density at radius 2 is 1.84 bits per heavy atom. The normalized spacial score (nSPS) is 11.6. The van der Waals surface area contributed by atoms with E-state index in [-0.39, 0.29) is 5.82 Å². The molecule has 0 unspecified atom stereocenters. The minimum absolute atomic E-state index is 0.274. The third-order valence-corrected chi connectivity index (χ3v) is 4.87. The average molecular weight is 419 g/mol. The molecule has 0 fully saturated rings. The summed E-state index contributed by atoms with van der Waals surface area (Å²) in [7, 11) is 4.08. The molecule has 0 spiro atoms. The minimum atomic E-state index is -0.274. The highest BCUT2D eigenvalue weighted by atomic mass is 19.1. The summed E-state index contributed by atoms with van der Waals surface area (Å²) in [4.78, 5) is 16.1. The Kier molecular flexibility index (Phi) is 5.95. The average Bonchev–Trinajstić information content (AvgIpc) is 3.11. The summed E-state index contributed by atoms with van der Waals surface area (Å²) < 4.78 is 15.6. The van der Waals surface area contributed by atoms with Crippen LogP contribution in [0.15, 0.2) is 54.9 Å². The molecule has 31 heavy (non-hydrogen) atoms. The zero-order chi connectivity index (χ0) is 22.0. The van der Waals surface area contributed by atoms with E-state index in [1.165, 1.54) is 17.7 Å². The van der Waals surface area contributed by atoms with Gasteiger partial charge in [-0.25, -0.2) is 19.3 Å². The van der Waals surface area contributed by atoms with Crippen LogP contribution in [0.3, 0.4) is 0 Å². The summed E-state index contributed by atoms with van der Waals surface area (Å²) in [6.45, 7) is 5.88. The molecule has 1 N–H and O–H groups in total. The fraction of sp³-hybridized carbons (Fsp3) is 0.292. The van der Waals surface area contributed by atoms with Gasteiger partial charge >= 0.3 is 0 Å². The van der Waals surface area contributed by atoms with Gasteiger partial charge in [0.15, 0.2) is 0 Å². The first-order valence-electron chi connectivity index (χ1n) is 10.4. The van der Waals surface area contributed by atoms with Gasteiger partial charge in [0.2, 0.25) is 5.95 Å². The number of imidazole rings is 1. The lowest BCUT2D eigenvalue weighted by Gasteiger charge is -2.11. The van der Waals surface area contributed by atoms with Gasteiger partial charge in [0.05, 0.1) is 17.1 Å². The van der Waals surface area contributed by atoms with Crippen LogP contribution in [-0.2, 0) is 6.54 Å². The maximum atomic E-state index is 13.5. The molecule has 0 aliphatic rings. The molecule has 6 nitrogen and oxygen atoms in total. The van der Waals surface area contributed by atoms with Crippen LogP contribution in [0.4, 0.5) is 10.3 Å². The highest BCUT2D eigenvalue weighted by molar-refractivity contribution is 5.80. The maximum Gasteiger partial charge on any atom is 0.223 e. The van der Waals surface area contributed by atoms with Gasteiger partial charge in [-0.15, -0.1) is 0 Å². The lowest BCUT2D eigenvalue weighted by atomic mass is 10.1. The smallest absolute Gasteiger partial charge is 0.223 e. The SMILES string of the molecule is CC(C)CNc1nccc(-c2c(-c3ccc(F)cc3)nc3cc(CN(C)C)ccn23)n1. The topological polar surface area (TPSA) is 58.4 Å². The summed E-state index contributed by atoms with van der Waals surface area (Å²) >= 11 is 0. The lowest BCUT2D eigenvalue weighted by Crippen LogP contribution is -2.11. The number of hydrogen-bond acceptors (Lipinski definition) is 5. The maximum absolute atomic E-state index is 13.5. The number of halogens is 1. The van der Waals surface area contributed by atoms with Gasteiger partial charge < -0.3 is 10.2 Å². The molecule has 4 rings (SSSR count). The van der Waals surface area contributed by atoms with E-state index in [9.17, 15) is 4.39 Å². The number of nitrogens with one attached hydrogen (secondary N) is 1. The van der Waals surface area contributed by atoms with Crippen LogP contribution < -0.4 is 5.32 Å². The monoisotopic (exact) mass is 418 g/mol. The van der Waals surface area contributed by atoms with Gasteiger partial charge in [-0.1, -0.05) is 13.8 Å². The van der Waals surface area contributed by atoms with Crippen molar-refractivity contribution in [2.75, 3.05) is 26.0 Å². The highest BCUT2D eigenvalue weighted by Gasteiger charge is 2.18. The fourth-order valence-corrected chi connectivity index (χ4v) is 3.48. The van der Waals surface area contributed by atoms with Gasteiger partial charge in [-0.2, -0.15) is 0 Å². The molecule has 0 saturated heterocycles. The predicted molar refractivity (Wildman–Crippen MR) is 122 cm³/mol. The van der Waals surface area contributed by atoms with Gasteiger partial charge in [-0.3, -0.25) is 4.40 Å². The number of aromatic nitrogens is 4. The Morgan fingerprint density at radius 1 is 1.06 bits per heavy atom. The predicted octanol–water partition coefficient (Wildman–Crippen LogP) is 4.73. The van der Waals surface area contributed by atoms with Crippen LogP contribution in [0.25, 0.3) is 28.3 Å². The molecule has 3 heterocycles. The van der Waals surface area contributed by atoms with Crippen LogP contribution in [0.5, 0.6) is 0 Å². The highest BCUT2D eigenvalue weighted by Crippen LogP contribution is 2.32. The van der Waals surface area contributed by atoms with Crippen molar-refractivity contribution >= 4 is 11.6 Å². The molecule has 0 aliphatic carbocycles. The Balaban J connectivity index is 1.86. The molecule has 0 aliphatic heterocycles. The lowest BCUT2D eigenvalue weighted by molar-refractivity contribution is 0.402. The molecule has 160 valence electrons. The van der Waals surface area contributed by atoms with Crippen molar-refractivity contribution in [1.82, 2.24) is 24.3 Å². The molecule has 0 radical (unpaired) electrons. The zero-order valence-corrected chi connectivity index (χ0v) is 18.3. The second kappa shape index (κ2) is 8.81. The number of benzene rings is 1. The van der Waals surface area contributed by atoms with Crippen molar-refractivity contribution in [3.63, 3.8) is 0 Å². The van der Waals surface area contributed by atoms with Crippen molar-refractivity contribution in [2.24, 2.45) is 5.92 Å². The molecular weight excluding hydrogens is 391 g/mol. The number of anilines is 1. The van der Waals surface area contributed by atoms with Crippen LogP contribution in [-0.4, -0.2) is 44.9 Å². The summed E-state index contributed by atoms with van der Waals surface area (Å²) in [5, 5.41) is 3.28. The third-order valence-electron chi connectivity index (χ3n) is 4.87. The van der Waals surface area contributed by atoms with Crippen LogP contribution in [0.2, 0.25) is 0 Å². The van der Waals surface area contributed by atoms with E-state index in [0.717, 1.165) is 41.4 Å². The van der Waals surface area contributed by atoms with Gasteiger partial charge in [0.1, 0.15) is 11.5 Å². The van der Waals surface area contributed by atoms with Gasteiger partial charge in [0.25, 0.3) is 0 Å².